The molecule has 0 bridgehead atoms. The number of rotatable bonds is 5. The molecule has 1 aliphatic rings. The number of allylic oxidation sites excluding steroid dienone is 1. The molecule has 0 N–H and O–H groups in total. The Hall–Kier alpha value is -1.18. The Balaban J connectivity index is 1.98. The predicted octanol–water partition coefficient (Wildman–Crippen LogP) is 5.93. The Morgan fingerprint density at radius 3 is 2.55 bits per heavy atom. The maximum absolute atomic E-state index is 14.0. The molecule has 2 rings (SSSR count). The summed E-state index contributed by atoms with van der Waals surface area (Å²) in [4.78, 5) is 0. The summed E-state index contributed by atoms with van der Waals surface area (Å²) >= 11 is 0. The molecule has 0 unspecified atom stereocenters. The quantitative estimate of drug-likeness (QED) is 0.626. The molecule has 0 aliphatic heterocycles. The third kappa shape index (κ3) is 3.91. The summed E-state index contributed by atoms with van der Waals surface area (Å²) in [5.41, 5.74) is 1.69. The van der Waals surface area contributed by atoms with Gasteiger partial charge in [0.1, 0.15) is 5.82 Å². The Bertz CT molecular complexity index is 443. The summed E-state index contributed by atoms with van der Waals surface area (Å²) in [6, 6.07) is 5.49. The third-order valence-electron chi connectivity index (χ3n) is 4.52. The zero-order valence-electron chi connectivity index (χ0n) is 12.2. The fourth-order valence-electron chi connectivity index (χ4n) is 3.35. The highest BCUT2D eigenvalue weighted by Gasteiger charge is 2.22. The number of benzene rings is 1. The Labute approximate surface area is 120 Å². The van der Waals surface area contributed by atoms with Crippen LogP contribution < -0.4 is 0 Å². The normalized spacial score (nSPS) is 23.4. The van der Waals surface area contributed by atoms with Crippen LogP contribution in [-0.4, -0.2) is 0 Å². The molecular weight excluding hydrogens is 254 g/mol. The van der Waals surface area contributed by atoms with Crippen molar-refractivity contribution < 1.29 is 8.78 Å². The second-order valence-electron chi connectivity index (χ2n) is 5.92. The van der Waals surface area contributed by atoms with Gasteiger partial charge in [0.2, 0.25) is 0 Å². The monoisotopic (exact) mass is 278 g/mol. The molecular formula is C18H24F2. The van der Waals surface area contributed by atoms with E-state index in [2.05, 4.69) is 6.92 Å². The van der Waals surface area contributed by atoms with Gasteiger partial charge in [-0.25, -0.2) is 8.78 Å². The van der Waals surface area contributed by atoms with Crippen molar-refractivity contribution >= 4 is 0 Å². The molecule has 20 heavy (non-hydrogen) atoms. The summed E-state index contributed by atoms with van der Waals surface area (Å²) in [6.07, 6.45) is 9.62. The first-order chi connectivity index (χ1) is 9.74. The zero-order chi connectivity index (χ0) is 14.4. The van der Waals surface area contributed by atoms with Crippen LogP contribution in [-0.2, 0) is 6.42 Å². The van der Waals surface area contributed by atoms with Crippen LogP contribution in [0.3, 0.4) is 0 Å². The molecule has 0 heterocycles. The van der Waals surface area contributed by atoms with E-state index in [9.17, 15) is 8.78 Å². The van der Waals surface area contributed by atoms with Crippen LogP contribution in [0, 0.1) is 11.7 Å². The first-order valence-electron chi connectivity index (χ1n) is 7.78. The minimum Gasteiger partial charge on any atom is -0.216 e. The van der Waals surface area contributed by atoms with Gasteiger partial charge < -0.3 is 0 Å². The highest BCUT2D eigenvalue weighted by atomic mass is 19.1. The van der Waals surface area contributed by atoms with Crippen LogP contribution in [0.2, 0.25) is 0 Å². The number of hydrogen-bond acceptors (Lipinski definition) is 0. The summed E-state index contributed by atoms with van der Waals surface area (Å²) in [5, 5.41) is 0. The maximum atomic E-state index is 14.0. The smallest absolute Gasteiger partial charge is 0.126 e. The molecule has 0 atom stereocenters. The Morgan fingerprint density at radius 2 is 1.95 bits per heavy atom. The zero-order valence-corrected chi connectivity index (χ0v) is 12.2. The lowest BCUT2D eigenvalue weighted by molar-refractivity contribution is 0.308. The van der Waals surface area contributed by atoms with Gasteiger partial charge in [0.15, 0.2) is 0 Å². The second-order valence-corrected chi connectivity index (χ2v) is 5.92. The van der Waals surface area contributed by atoms with E-state index in [0.29, 0.717) is 24.2 Å². The highest BCUT2D eigenvalue weighted by Crippen LogP contribution is 2.37. The lowest BCUT2D eigenvalue weighted by Gasteiger charge is -2.28. The van der Waals surface area contributed by atoms with Crippen molar-refractivity contribution in [3.05, 3.63) is 47.5 Å². The van der Waals surface area contributed by atoms with E-state index >= 15 is 0 Å². The van der Waals surface area contributed by atoms with Gasteiger partial charge in [-0.15, -0.1) is 0 Å². The van der Waals surface area contributed by atoms with E-state index in [-0.39, 0.29) is 5.82 Å². The van der Waals surface area contributed by atoms with Crippen LogP contribution in [0.15, 0.2) is 30.6 Å². The van der Waals surface area contributed by atoms with Crippen molar-refractivity contribution in [2.45, 2.75) is 57.8 Å². The largest absolute Gasteiger partial charge is 0.216 e. The standard InChI is InChI=1S/C18H24F2/c1-2-4-14-6-8-15(9-7-14)17-11-10-16(5-3-12-19)18(20)13-17/h3,10-15H,2,4-9H2,1H3. The molecule has 2 heteroatoms. The summed E-state index contributed by atoms with van der Waals surface area (Å²) in [7, 11) is 0. The van der Waals surface area contributed by atoms with Crippen molar-refractivity contribution in [2.24, 2.45) is 5.92 Å². The molecule has 0 amide bonds. The van der Waals surface area contributed by atoms with Gasteiger partial charge in [0, 0.05) is 0 Å². The van der Waals surface area contributed by atoms with Crippen molar-refractivity contribution in [3.8, 4) is 0 Å². The van der Waals surface area contributed by atoms with E-state index in [0.717, 1.165) is 11.5 Å². The first kappa shape index (κ1) is 15.2. The summed E-state index contributed by atoms with van der Waals surface area (Å²) in [6.45, 7) is 2.24. The molecule has 1 fully saturated rings. The fourth-order valence-corrected chi connectivity index (χ4v) is 3.35. The lowest BCUT2D eigenvalue weighted by Crippen LogP contribution is -2.13. The molecule has 1 aromatic carbocycles. The van der Waals surface area contributed by atoms with Crippen LogP contribution in [0.1, 0.15) is 62.5 Å². The van der Waals surface area contributed by atoms with Gasteiger partial charge in [0.05, 0.1) is 6.33 Å². The molecule has 110 valence electrons. The Kier molecular flexibility index (Phi) is 5.75. The van der Waals surface area contributed by atoms with Crippen LogP contribution >= 0.6 is 0 Å². The average molecular weight is 278 g/mol. The first-order valence-corrected chi connectivity index (χ1v) is 7.78. The Morgan fingerprint density at radius 1 is 1.20 bits per heavy atom. The van der Waals surface area contributed by atoms with E-state index in [4.69, 9.17) is 0 Å². The van der Waals surface area contributed by atoms with Crippen LogP contribution in [0.25, 0.3) is 0 Å². The van der Waals surface area contributed by atoms with E-state index < -0.39 is 0 Å². The molecule has 1 aromatic rings. The molecule has 0 saturated heterocycles. The van der Waals surface area contributed by atoms with E-state index in [1.54, 1.807) is 6.07 Å². The molecule has 1 saturated carbocycles. The van der Waals surface area contributed by atoms with Gasteiger partial charge in [-0.2, -0.15) is 0 Å². The number of hydrogen-bond donors (Lipinski definition) is 0. The van der Waals surface area contributed by atoms with Gasteiger partial charge >= 0.3 is 0 Å². The van der Waals surface area contributed by atoms with Crippen molar-refractivity contribution in [1.29, 1.82) is 0 Å². The highest BCUT2D eigenvalue weighted by molar-refractivity contribution is 5.28. The second kappa shape index (κ2) is 7.56. The van der Waals surface area contributed by atoms with Gasteiger partial charge in [0.25, 0.3) is 0 Å². The third-order valence-corrected chi connectivity index (χ3v) is 4.52. The van der Waals surface area contributed by atoms with E-state index in [1.165, 1.54) is 44.6 Å². The lowest BCUT2D eigenvalue weighted by atomic mass is 9.77. The van der Waals surface area contributed by atoms with Gasteiger partial charge in [-0.1, -0.05) is 38.0 Å². The van der Waals surface area contributed by atoms with Crippen molar-refractivity contribution in [1.82, 2.24) is 0 Å². The molecule has 0 nitrogen and oxygen atoms in total. The van der Waals surface area contributed by atoms with Crippen LogP contribution in [0.4, 0.5) is 8.78 Å². The van der Waals surface area contributed by atoms with Crippen molar-refractivity contribution in [3.63, 3.8) is 0 Å². The molecule has 0 radical (unpaired) electrons. The molecule has 0 aromatic heterocycles. The average Bonchev–Trinajstić information content (AvgIpc) is 2.47. The topological polar surface area (TPSA) is 0 Å². The fraction of sp³-hybridized carbons (Fsp3) is 0.556. The van der Waals surface area contributed by atoms with E-state index in [1.807, 2.05) is 12.1 Å². The van der Waals surface area contributed by atoms with Gasteiger partial charge in [-0.3, -0.25) is 0 Å². The maximum Gasteiger partial charge on any atom is 0.126 e. The minimum atomic E-state index is -0.198. The number of halogens is 2. The van der Waals surface area contributed by atoms with Crippen LogP contribution in [0.5, 0.6) is 0 Å². The summed E-state index contributed by atoms with van der Waals surface area (Å²) < 4.78 is 25.9. The van der Waals surface area contributed by atoms with Crippen molar-refractivity contribution in [2.75, 3.05) is 0 Å². The molecule has 1 aliphatic carbocycles. The summed E-state index contributed by atoms with van der Waals surface area (Å²) in [5.74, 6) is 1.18. The SMILES string of the molecule is CCCC1CCC(c2ccc(CC=CF)c(F)c2)CC1. The predicted molar refractivity (Wildman–Crippen MR) is 80.0 cm³/mol. The minimum absolute atomic E-state index is 0.198. The van der Waals surface area contributed by atoms with Gasteiger partial charge in [-0.05, 0) is 61.1 Å². The molecule has 0 spiro atoms.